The molecular weight excluding hydrogens is 392 g/mol. The van der Waals surface area contributed by atoms with Gasteiger partial charge in [0.25, 0.3) is 17.4 Å². The van der Waals surface area contributed by atoms with Crippen LogP contribution in [0.4, 0.5) is 0 Å². The van der Waals surface area contributed by atoms with Crippen molar-refractivity contribution in [2.24, 2.45) is 0 Å². The van der Waals surface area contributed by atoms with Crippen LogP contribution in [0.1, 0.15) is 21.6 Å². The fraction of sp³-hybridized carbons (Fsp3) is 0.0833. The van der Waals surface area contributed by atoms with Gasteiger partial charge in [0.05, 0.1) is 11.1 Å². The maximum absolute atomic E-state index is 12.9. The van der Waals surface area contributed by atoms with Crippen molar-refractivity contribution < 1.29 is 9.59 Å². The van der Waals surface area contributed by atoms with Crippen LogP contribution in [0.15, 0.2) is 89.7 Å². The fourth-order valence-electron chi connectivity index (χ4n) is 3.30. The van der Waals surface area contributed by atoms with E-state index in [1.807, 2.05) is 42.5 Å². The highest BCUT2D eigenvalue weighted by atomic mass is 16.2. The number of hydrazine groups is 1. The van der Waals surface area contributed by atoms with E-state index in [1.165, 1.54) is 0 Å². The number of carbonyl (C=O) groups excluding carboxylic acids is 2. The molecule has 0 spiro atoms. The molecule has 0 saturated heterocycles. The van der Waals surface area contributed by atoms with Crippen LogP contribution in [0.2, 0.25) is 0 Å². The number of fused-ring (bicyclic) bond motifs is 1. The predicted molar refractivity (Wildman–Crippen MR) is 117 cm³/mol. The van der Waals surface area contributed by atoms with Crippen molar-refractivity contribution in [3.05, 3.63) is 112 Å². The van der Waals surface area contributed by atoms with E-state index in [1.54, 1.807) is 42.5 Å². The summed E-state index contributed by atoms with van der Waals surface area (Å²) in [5, 5.41) is 5.70. The third kappa shape index (κ3) is 4.67. The van der Waals surface area contributed by atoms with Crippen LogP contribution in [-0.4, -0.2) is 21.6 Å². The van der Waals surface area contributed by atoms with Crippen molar-refractivity contribution >= 4 is 22.6 Å². The lowest BCUT2D eigenvalue weighted by atomic mass is 10.0. The zero-order chi connectivity index (χ0) is 21.6. The molecule has 4 rings (SSSR count). The molecule has 1 heterocycles. The number of hydrogen-bond donors (Lipinski definition) is 2. The van der Waals surface area contributed by atoms with Crippen LogP contribution in [-0.2, 0) is 17.8 Å². The van der Waals surface area contributed by atoms with E-state index in [9.17, 15) is 14.4 Å². The highest BCUT2D eigenvalue weighted by Crippen LogP contribution is 2.16. The molecule has 154 valence electrons. The van der Waals surface area contributed by atoms with Gasteiger partial charge in [0.2, 0.25) is 0 Å². The molecule has 2 amide bonds. The number of amides is 2. The third-order valence-corrected chi connectivity index (χ3v) is 4.80. The molecule has 31 heavy (non-hydrogen) atoms. The second-order valence-corrected chi connectivity index (χ2v) is 6.99. The first-order valence-electron chi connectivity index (χ1n) is 9.79. The minimum Gasteiger partial charge on any atom is -0.271 e. The first-order valence-corrected chi connectivity index (χ1v) is 9.79. The van der Waals surface area contributed by atoms with Gasteiger partial charge in [-0.25, -0.2) is 4.68 Å². The summed E-state index contributed by atoms with van der Waals surface area (Å²) in [6.45, 7) is -0.319. The lowest BCUT2D eigenvalue weighted by Crippen LogP contribution is -2.44. The number of hydrogen-bond acceptors (Lipinski definition) is 4. The monoisotopic (exact) mass is 412 g/mol. The first-order chi connectivity index (χ1) is 15.1. The molecule has 0 unspecified atom stereocenters. The summed E-state index contributed by atoms with van der Waals surface area (Å²) in [6, 6.07) is 25.5. The summed E-state index contributed by atoms with van der Waals surface area (Å²) < 4.78 is 1.13. The van der Waals surface area contributed by atoms with Crippen molar-refractivity contribution in [1.29, 1.82) is 0 Å². The van der Waals surface area contributed by atoms with E-state index < -0.39 is 11.8 Å². The van der Waals surface area contributed by atoms with Crippen molar-refractivity contribution in [2.45, 2.75) is 13.0 Å². The molecule has 0 atom stereocenters. The SMILES string of the molecule is O=C(Cn1nc(Cc2ccccc2)c2ccccc2c1=O)NNC(=O)c1ccccc1. The number of benzene rings is 3. The van der Waals surface area contributed by atoms with Gasteiger partial charge < -0.3 is 0 Å². The smallest absolute Gasteiger partial charge is 0.271 e. The Balaban J connectivity index is 1.55. The summed E-state index contributed by atoms with van der Waals surface area (Å²) >= 11 is 0. The number of carbonyl (C=O) groups is 2. The van der Waals surface area contributed by atoms with Gasteiger partial charge in [-0.1, -0.05) is 66.7 Å². The minimum absolute atomic E-state index is 0.319. The van der Waals surface area contributed by atoms with Crippen molar-refractivity contribution in [3.8, 4) is 0 Å². The average molecular weight is 412 g/mol. The standard InChI is InChI=1S/C24H20N4O3/c29-22(25-26-23(30)18-11-5-2-6-12-18)16-28-24(31)20-14-8-7-13-19(20)21(27-28)15-17-9-3-1-4-10-17/h1-14H,15-16H2,(H,25,29)(H,26,30). The van der Waals surface area contributed by atoms with E-state index in [2.05, 4.69) is 16.0 Å². The lowest BCUT2D eigenvalue weighted by Gasteiger charge is -2.12. The summed E-state index contributed by atoms with van der Waals surface area (Å²) in [7, 11) is 0. The summed E-state index contributed by atoms with van der Waals surface area (Å²) in [6.07, 6.45) is 0.522. The number of nitrogens with zero attached hydrogens (tertiary/aromatic N) is 2. The summed E-state index contributed by atoms with van der Waals surface area (Å²) in [5.74, 6) is -1.00. The largest absolute Gasteiger partial charge is 0.275 e. The fourth-order valence-corrected chi connectivity index (χ4v) is 3.30. The molecule has 0 bridgehead atoms. The summed E-state index contributed by atoms with van der Waals surface area (Å²) in [5.41, 5.74) is 6.47. The quantitative estimate of drug-likeness (QED) is 0.493. The van der Waals surface area contributed by atoms with Gasteiger partial charge in [0.1, 0.15) is 6.54 Å². The van der Waals surface area contributed by atoms with Gasteiger partial charge >= 0.3 is 0 Å². The zero-order valence-electron chi connectivity index (χ0n) is 16.6. The van der Waals surface area contributed by atoms with Crippen LogP contribution < -0.4 is 16.4 Å². The van der Waals surface area contributed by atoms with Crippen LogP contribution >= 0.6 is 0 Å². The van der Waals surface area contributed by atoms with Crippen LogP contribution in [0.5, 0.6) is 0 Å². The Hall–Kier alpha value is -4.26. The Kier molecular flexibility index (Phi) is 5.84. The predicted octanol–water partition coefficient (Wildman–Crippen LogP) is 2.45. The summed E-state index contributed by atoms with van der Waals surface area (Å²) in [4.78, 5) is 37.3. The third-order valence-electron chi connectivity index (χ3n) is 4.80. The minimum atomic E-state index is -0.556. The Morgan fingerprint density at radius 1 is 0.774 bits per heavy atom. The molecule has 0 saturated carbocycles. The number of rotatable bonds is 5. The molecule has 0 aliphatic rings. The first kappa shape index (κ1) is 20.0. The van der Waals surface area contributed by atoms with Gasteiger partial charge in [-0.05, 0) is 23.8 Å². The second kappa shape index (κ2) is 9.04. The van der Waals surface area contributed by atoms with Gasteiger partial charge in [0.15, 0.2) is 0 Å². The average Bonchev–Trinajstić information content (AvgIpc) is 2.82. The molecule has 0 radical (unpaired) electrons. The Morgan fingerprint density at radius 2 is 1.39 bits per heavy atom. The van der Waals surface area contributed by atoms with Crippen molar-refractivity contribution in [3.63, 3.8) is 0 Å². The molecule has 2 N–H and O–H groups in total. The zero-order valence-corrected chi connectivity index (χ0v) is 16.6. The molecule has 0 aliphatic carbocycles. The van der Waals surface area contributed by atoms with Gasteiger partial charge in [-0.2, -0.15) is 5.10 Å². The molecule has 0 aliphatic heterocycles. The normalized spacial score (nSPS) is 10.6. The molecule has 4 aromatic rings. The second-order valence-electron chi connectivity index (χ2n) is 6.99. The molecule has 7 nitrogen and oxygen atoms in total. The number of aromatic nitrogens is 2. The lowest BCUT2D eigenvalue weighted by molar-refractivity contribution is -0.122. The molecule has 1 aromatic heterocycles. The topological polar surface area (TPSA) is 93.1 Å². The molecular formula is C24H20N4O3. The number of nitrogens with one attached hydrogen (secondary N) is 2. The van der Waals surface area contributed by atoms with E-state index >= 15 is 0 Å². The highest BCUT2D eigenvalue weighted by molar-refractivity contribution is 5.95. The maximum Gasteiger partial charge on any atom is 0.275 e. The Labute approximate surface area is 178 Å². The highest BCUT2D eigenvalue weighted by Gasteiger charge is 2.14. The maximum atomic E-state index is 12.9. The van der Waals surface area contributed by atoms with E-state index in [0.717, 1.165) is 15.6 Å². The molecule has 0 fully saturated rings. The Morgan fingerprint density at radius 3 is 2.10 bits per heavy atom. The van der Waals surface area contributed by atoms with Crippen molar-refractivity contribution in [2.75, 3.05) is 0 Å². The van der Waals surface area contributed by atoms with Crippen LogP contribution in [0.3, 0.4) is 0 Å². The van der Waals surface area contributed by atoms with E-state index in [-0.39, 0.29) is 12.1 Å². The van der Waals surface area contributed by atoms with E-state index in [4.69, 9.17) is 0 Å². The van der Waals surface area contributed by atoms with Gasteiger partial charge in [-0.15, -0.1) is 0 Å². The van der Waals surface area contributed by atoms with Gasteiger partial charge in [0, 0.05) is 17.4 Å². The van der Waals surface area contributed by atoms with Crippen LogP contribution in [0.25, 0.3) is 10.8 Å². The van der Waals surface area contributed by atoms with Crippen molar-refractivity contribution in [1.82, 2.24) is 20.6 Å². The Bertz CT molecular complexity index is 1280. The molecule has 3 aromatic carbocycles. The van der Waals surface area contributed by atoms with Gasteiger partial charge in [-0.3, -0.25) is 25.2 Å². The van der Waals surface area contributed by atoms with E-state index in [0.29, 0.717) is 23.1 Å². The van der Waals surface area contributed by atoms with Crippen LogP contribution in [0, 0.1) is 0 Å². The molecule has 7 heteroatoms.